The van der Waals surface area contributed by atoms with E-state index in [1.54, 1.807) is 6.92 Å². The molecule has 1 saturated carbocycles. The summed E-state index contributed by atoms with van der Waals surface area (Å²) in [5, 5.41) is 13.5. The van der Waals surface area contributed by atoms with Crippen LogP contribution in [-0.2, 0) is 10.2 Å². The van der Waals surface area contributed by atoms with E-state index in [1.165, 1.54) is 0 Å². The van der Waals surface area contributed by atoms with Crippen molar-refractivity contribution >= 4 is 17.5 Å². The van der Waals surface area contributed by atoms with Gasteiger partial charge in [0.2, 0.25) is 5.91 Å². The third-order valence-corrected chi connectivity index (χ3v) is 4.22. The number of aliphatic hydroxyl groups is 1. The molecule has 0 bridgehead atoms. The van der Waals surface area contributed by atoms with Crippen LogP contribution in [-0.4, -0.2) is 23.2 Å². The molecule has 1 atom stereocenters. The van der Waals surface area contributed by atoms with Crippen LogP contribution >= 0.6 is 11.6 Å². The second-order valence-electron chi connectivity index (χ2n) is 5.62. The minimum Gasteiger partial charge on any atom is -0.388 e. The summed E-state index contributed by atoms with van der Waals surface area (Å²) in [5.41, 5.74) is -0.245. The van der Waals surface area contributed by atoms with Gasteiger partial charge in [0.05, 0.1) is 11.0 Å². The maximum Gasteiger partial charge on any atom is 0.230 e. The van der Waals surface area contributed by atoms with Crippen LogP contribution in [0.5, 0.6) is 0 Å². The van der Waals surface area contributed by atoms with Gasteiger partial charge in [-0.05, 0) is 43.9 Å². The smallest absolute Gasteiger partial charge is 0.230 e. The average molecular weight is 282 g/mol. The number of benzene rings is 1. The van der Waals surface area contributed by atoms with Crippen molar-refractivity contribution in [3.05, 3.63) is 34.9 Å². The molecular formula is C15H20ClNO2. The molecule has 1 aromatic carbocycles. The van der Waals surface area contributed by atoms with Crippen molar-refractivity contribution in [2.75, 3.05) is 6.54 Å². The Hall–Kier alpha value is -1.06. The molecule has 104 valence electrons. The fourth-order valence-electron chi connectivity index (χ4n) is 2.11. The number of halogens is 1. The Morgan fingerprint density at radius 2 is 2.00 bits per heavy atom. The number of amides is 1. The number of nitrogens with one attached hydrogen (secondary N) is 1. The van der Waals surface area contributed by atoms with Crippen LogP contribution < -0.4 is 5.32 Å². The highest BCUT2D eigenvalue weighted by atomic mass is 35.5. The number of carbonyl (C=O) groups excluding carboxylic acids is 1. The summed E-state index contributed by atoms with van der Waals surface area (Å²) < 4.78 is 0. The second-order valence-corrected chi connectivity index (χ2v) is 6.06. The van der Waals surface area contributed by atoms with Crippen molar-refractivity contribution in [1.29, 1.82) is 0 Å². The highest BCUT2D eigenvalue weighted by Crippen LogP contribution is 2.48. The molecule has 0 aromatic heterocycles. The first-order chi connectivity index (χ1) is 8.89. The Morgan fingerprint density at radius 3 is 2.47 bits per heavy atom. The molecule has 1 aromatic rings. The number of rotatable bonds is 5. The van der Waals surface area contributed by atoms with E-state index in [9.17, 15) is 9.90 Å². The van der Waals surface area contributed by atoms with Crippen molar-refractivity contribution < 1.29 is 9.90 Å². The van der Waals surface area contributed by atoms with E-state index in [0.29, 0.717) is 11.4 Å². The van der Waals surface area contributed by atoms with E-state index in [0.717, 1.165) is 18.4 Å². The first-order valence-electron chi connectivity index (χ1n) is 6.66. The Labute approximate surface area is 119 Å². The van der Waals surface area contributed by atoms with Crippen molar-refractivity contribution in [2.24, 2.45) is 0 Å². The molecule has 1 aliphatic carbocycles. The van der Waals surface area contributed by atoms with Gasteiger partial charge >= 0.3 is 0 Å². The molecule has 0 saturated heterocycles. The van der Waals surface area contributed by atoms with Gasteiger partial charge in [0, 0.05) is 11.6 Å². The summed E-state index contributed by atoms with van der Waals surface area (Å²) >= 11 is 5.87. The van der Waals surface area contributed by atoms with Crippen LogP contribution in [0.4, 0.5) is 0 Å². The minimum atomic E-state index is -0.842. The van der Waals surface area contributed by atoms with Crippen LogP contribution in [0.25, 0.3) is 0 Å². The Kier molecular flexibility index (Phi) is 3.88. The number of hydrogen-bond acceptors (Lipinski definition) is 2. The zero-order chi connectivity index (χ0) is 14.1. The van der Waals surface area contributed by atoms with Gasteiger partial charge in [0.15, 0.2) is 0 Å². The molecule has 2 N–H and O–H groups in total. The largest absolute Gasteiger partial charge is 0.388 e. The summed E-state index contributed by atoms with van der Waals surface area (Å²) in [7, 11) is 0. The molecule has 0 radical (unpaired) electrons. The summed E-state index contributed by atoms with van der Waals surface area (Å²) in [6.07, 6.45) is 2.32. The Morgan fingerprint density at radius 1 is 1.42 bits per heavy atom. The zero-order valence-electron chi connectivity index (χ0n) is 11.4. The van der Waals surface area contributed by atoms with E-state index in [2.05, 4.69) is 5.32 Å². The van der Waals surface area contributed by atoms with Gasteiger partial charge in [-0.15, -0.1) is 0 Å². The van der Waals surface area contributed by atoms with Gasteiger partial charge in [-0.1, -0.05) is 30.7 Å². The topological polar surface area (TPSA) is 49.3 Å². The van der Waals surface area contributed by atoms with E-state index in [-0.39, 0.29) is 12.5 Å². The van der Waals surface area contributed by atoms with Crippen molar-refractivity contribution in [1.82, 2.24) is 5.32 Å². The van der Waals surface area contributed by atoms with Crippen LogP contribution in [0.1, 0.15) is 38.7 Å². The highest BCUT2D eigenvalue weighted by Gasteiger charge is 2.51. The fraction of sp³-hybridized carbons (Fsp3) is 0.533. The lowest BCUT2D eigenvalue weighted by molar-refractivity contribution is -0.124. The van der Waals surface area contributed by atoms with E-state index in [4.69, 9.17) is 11.6 Å². The van der Waals surface area contributed by atoms with Gasteiger partial charge in [-0.25, -0.2) is 0 Å². The van der Waals surface area contributed by atoms with Crippen LogP contribution in [0.3, 0.4) is 0 Å². The molecule has 19 heavy (non-hydrogen) atoms. The summed E-state index contributed by atoms with van der Waals surface area (Å²) in [4.78, 5) is 12.3. The molecule has 1 amide bonds. The molecule has 2 rings (SSSR count). The molecular weight excluding hydrogens is 262 g/mol. The SMILES string of the molecule is CCC(C)(O)CNC(=O)C1(c2ccc(Cl)cc2)CC1. The van der Waals surface area contributed by atoms with Gasteiger partial charge < -0.3 is 10.4 Å². The summed E-state index contributed by atoms with van der Waals surface area (Å²) in [5.74, 6) is 0.00328. The molecule has 4 heteroatoms. The third-order valence-electron chi connectivity index (χ3n) is 3.97. The van der Waals surface area contributed by atoms with E-state index < -0.39 is 11.0 Å². The Bertz CT molecular complexity index is 464. The quantitative estimate of drug-likeness (QED) is 0.872. The molecule has 1 unspecified atom stereocenters. The van der Waals surface area contributed by atoms with Gasteiger partial charge in [-0.2, -0.15) is 0 Å². The summed E-state index contributed by atoms with van der Waals surface area (Å²) in [6.45, 7) is 3.92. The lowest BCUT2D eigenvalue weighted by Gasteiger charge is -2.24. The Balaban J connectivity index is 2.04. The predicted molar refractivity (Wildman–Crippen MR) is 76.3 cm³/mol. The number of hydrogen-bond donors (Lipinski definition) is 2. The van der Waals surface area contributed by atoms with Crippen LogP contribution in [0, 0.1) is 0 Å². The first-order valence-corrected chi connectivity index (χ1v) is 7.04. The standard InChI is InChI=1S/C15H20ClNO2/c1-3-14(2,19)10-17-13(18)15(8-9-15)11-4-6-12(16)7-5-11/h4-7,19H,3,8-10H2,1-2H3,(H,17,18). The van der Waals surface area contributed by atoms with Crippen LogP contribution in [0.2, 0.25) is 5.02 Å². The van der Waals surface area contributed by atoms with Crippen molar-refractivity contribution in [3.63, 3.8) is 0 Å². The normalized spacial score (nSPS) is 19.6. The highest BCUT2D eigenvalue weighted by molar-refractivity contribution is 6.30. The minimum absolute atomic E-state index is 0.00328. The molecule has 1 aliphatic rings. The summed E-state index contributed by atoms with van der Waals surface area (Å²) in [6, 6.07) is 7.44. The molecule has 0 aliphatic heterocycles. The van der Waals surface area contributed by atoms with Gasteiger partial charge in [0.1, 0.15) is 0 Å². The van der Waals surface area contributed by atoms with E-state index >= 15 is 0 Å². The third kappa shape index (κ3) is 3.10. The molecule has 1 fully saturated rings. The lowest BCUT2D eigenvalue weighted by atomic mass is 9.94. The lowest BCUT2D eigenvalue weighted by Crippen LogP contribution is -2.44. The van der Waals surface area contributed by atoms with Gasteiger partial charge in [0.25, 0.3) is 0 Å². The predicted octanol–water partition coefficient (Wildman–Crippen LogP) is 2.65. The van der Waals surface area contributed by atoms with Gasteiger partial charge in [-0.3, -0.25) is 4.79 Å². The number of carbonyl (C=O) groups is 1. The fourth-order valence-corrected chi connectivity index (χ4v) is 2.23. The maximum atomic E-state index is 12.3. The second kappa shape index (κ2) is 5.14. The monoisotopic (exact) mass is 281 g/mol. The van der Waals surface area contributed by atoms with E-state index in [1.807, 2.05) is 31.2 Å². The maximum absolute atomic E-state index is 12.3. The molecule has 0 spiro atoms. The molecule has 3 nitrogen and oxygen atoms in total. The average Bonchev–Trinajstić information content (AvgIpc) is 3.18. The van der Waals surface area contributed by atoms with Crippen molar-refractivity contribution in [3.8, 4) is 0 Å². The van der Waals surface area contributed by atoms with Crippen molar-refractivity contribution in [2.45, 2.75) is 44.1 Å². The molecule has 0 heterocycles. The zero-order valence-corrected chi connectivity index (χ0v) is 12.1. The first kappa shape index (κ1) is 14.4. The van der Waals surface area contributed by atoms with Crippen LogP contribution in [0.15, 0.2) is 24.3 Å².